The standard InChI is InChI=1S/C47H73NO17/c1-27-17-15-13-11-9-7-5-6-8-10-12-14-16-18-34(64-46-44(58)41(48)43(57)30(4)63-46)24-38-40(45(59)60)37(54)26-47(61,65-38)25-33(51)22-36(53)35(52)20-19-31(49)21-32(50)23-39(55)62-29(3)28(2)42(27)56/h5-18,27-38,40-44,46,49-54,56-58,61H,19-26,48H2,1-4H3,(H,59,60)/t27-,28-,29-,30+,31+,32+,33-,34-,35+,36+,37-,38-,40+,41-,42+,43+,44-,46-,47+/m0/s1/i34D,46+1. The topological polar surface area (TPSA) is 320 Å². The Morgan fingerprint density at radius 3 is 1.85 bits per heavy atom. The third kappa shape index (κ3) is 18.6. The summed E-state index contributed by atoms with van der Waals surface area (Å²) in [5.41, 5.74) is 6.00. The zero-order valence-corrected chi connectivity index (χ0v) is 37.5. The van der Waals surface area contributed by atoms with E-state index < -0.39 is 153 Å². The van der Waals surface area contributed by atoms with E-state index >= 15 is 0 Å². The molecule has 0 saturated carbocycles. The number of carbonyl (C=O) groups excluding carboxylic acids is 1. The van der Waals surface area contributed by atoms with Gasteiger partial charge in [0.05, 0.1) is 81.0 Å². The van der Waals surface area contributed by atoms with Crippen molar-refractivity contribution in [2.24, 2.45) is 23.5 Å². The molecule has 0 aliphatic carbocycles. The van der Waals surface area contributed by atoms with Gasteiger partial charge in [0.2, 0.25) is 0 Å². The molecule has 0 unspecified atom stereocenters. The number of carboxylic acid groups (broad SMARTS) is 1. The molecule has 0 radical (unpaired) electrons. The summed E-state index contributed by atoms with van der Waals surface area (Å²) in [7, 11) is 0. The second-order valence-corrected chi connectivity index (χ2v) is 17.4. The van der Waals surface area contributed by atoms with Gasteiger partial charge >= 0.3 is 11.9 Å². The molecule has 18 nitrogen and oxygen atoms in total. The highest BCUT2D eigenvalue weighted by Gasteiger charge is 2.51. The molecule has 3 heterocycles. The highest BCUT2D eigenvalue weighted by molar-refractivity contribution is 5.71. The van der Waals surface area contributed by atoms with Gasteiger partial charge in [-0.15, -0.1) is 0 Å². The molecule has 13 N–H and O–H groups in total. The van der Waals surface area contributed by atoms with Crippen molar-refractivity contribution in [3.8, 4) is 0 Å². The second kappa shape index (κ2) is 27.4. The maximum Gasteiger partial charge on any atom is 0.311 e. The van der Waals surface area contributed by atoms with Crippen molar-refractivity contribution in [3.63, 3.8) is 0 Å². The van der Waals surface area contributed by atoms with Crippen LogP contribution in [0.25, 0.3) is 0 Å². The third-order valence-electron chi connectivity index (χ3n) is 11.9. The number of allylic oxidation sites excluding steroid dienone is 12. The van der Waals surface area contributed by atoms with Crippen LogP contribution in [-0.4, -0.2) is 166 Å². The van der Waals surface area contributed by atoms with Crippen LogP contribution in [0.5, 0.6) is 0 Å². The maximum atomic E-state index is 12.6. The predicted molar refractivity (Wildman–Crippen MR) is 237 cm³/mol. The molecule has 2 saturated heterocycles. The molecule has 3 rings (SSSR count). The Hall–Kier alpha value is -3.44. The Labute approximate surface area is 382 Å². The number of aliphatic hydroxyl groups is 10. The van der Waals surface area contributed by atoms with Gasteiger partial charge in [-0.25, -0.2) is 0 Å². The number of aliphatic hydroxyl groups excluding tert-OH is 9. The Morgan fingerprint density at radius 1 is 0.692 bits per heavy atom. The van der Waals surface area contributed by atoms with Gasteiger partial charge in [0.1, 0.15) is 18.1 Å². The molecule has 0 spiro atoms. The normalized spacial score (nSPS) is 43.4. The summed E-state index contributed by atoms with van der Waals surface area (Å²) in [5.74, 6) is -7.19. The van der Waals surface area contributed by atoms with Gasteiger partial charge in [0.25, 0.3) is 0 Å². The number of rotatable bonds is 3. The van der Waals surface area contributed by atoms with Gasteiger partial charge in [-0.2, -0.15) is 0 Å². The summed E-state index contributed by atoms with van der Waals surface area (Å²) in [6.45, 7) is 6.66. The van der Waals surface area contributed by atoms with E-state index in [1.165, 1.54) is 25.2 Å². The largest absolute Gasteiger partial charge is 0.481 e. The van der Waals surface area contributed by atoms with Crippen LogP contribution >= 0.6 is 0 Å². The van der Waals surface area contributed by atoms with Crippen molar-refractivity contribution >= 4 is 11.9 Å². The molecular weight excluding hydrogens is 851 g/mol. The monoisotopic (exact) mass is 925 g/mol. The van der Waals surface area contributed by atoms with Crippen molar-refractivity contribution in [2.45, 2.75) is 177 Å². The summed E-state index contributed by atoms with van der Waals surface area (Å²) >= 11 is 0. The van der Waals surface area contributed by atoms with E-state index in [1.807, 2.05) is 13.0 Å². The Bertz CT molecular complexity index is 1720. The van der Waals surface area contributed by atoms with E-state index in [-0.39, 0.29) is 25.2 Å². The number of hydrogen-bond donors (Lipinski definition) is 12. The Balaban J connectivity index is 1.90. The number of aliphatic carboxylic acids is 1. The summed E-state index contributed by atoms with van der Waals surface area (Å²) in [4.78, 5) is 25.1. The van der Waals surface area contributed by atoms with Crippen LogP contribution in [0.4, 0.5) is 0 Å². The second-order valence-electron chi connectivity index (χ2n) is 17.4. The number of carbonyl (C=O) groups is 2. The molecule has 19 atom stereocenters. The molecule has 0 aromatic rings. The van der Waals surface area contributed by atoms with Crippen molar-refractivity contribution < 1.29 is 86.1 Å². The van der Waals surface area contributed by atoms with E-state index in [1.54, 1.807) is 74.6 Å². The summed E-state index contributed by atoms with van der Waals surface area (Å²) < 4.78 is 32.2. The third-order valence-corrected chi connectivity index (χ3v) is 11.9. The smallest absolute Gasteiger partial charge is 0.311 e. The first-order valence-corrected chi connectivity index (χ1v) is 22.2. The molecule has 65 heavy (non-hydrogen) atoms. The van der Waals surface area contributed by atoms with Gasteiger partial charge in [-0.1, -0.05) is 98.9 Å². The highest BCUT2D eigenvalue weighted by Crippen LogP contribution is 2.38. The number of cyclic esters (lactones) is 1. The zero-order valence-electron chi connectivity index (χ0n) is 38.5. The van der Waals surface area contributed by atoms with E-state index in [4.69, 9.17) is 24.7 Å². The fraction of sp³-hybridized carbons (Fsp3) is 0.660. The Kier molecular flexibility index (Phi) is 22.8. The lowest BCUT2D eigenvalue weighted by molar-refractivity contribution is -0.308. The van der Waals surface area contributed by atoms with Crippen molar-refractivity contribution in [3.05, 3.63) is 85.1 Å². The number of ether oxygens (including phenoxy) is 4. The average Bonchev–Trinajstić information content (AvgIpc) is 3.22. The number of fused-ring (bicyclic) bond motifs is 2. The van der Waals surface area contributed by atoms with E-state index in [9.17, 15) is 67.1 Å². The van der Waals surface area contributed by atoms with Crippen LogP contribution in [0.1, 0.15) is 80.4 Å². The van der Waals surface area contributed by atoms with Crippen LogP contribution in [0.2, 0.25) is 0 Å². The molecule has 3 aliphatic heterocycles. The molecule has 368 valence electrons. The van der Waals surface area contributed by atoms with Gasteiger partial charge in [-0.05, 0) is 33.1 Å². The van der Waals surface area contributed by atoms with E-state index in [2.05, 4.69) is 0 Å². The van der Waals surface area contributed by atoms with Crippen molar-refractivity contribution in [1.82, 2.24) is 0 Å². The summed E-state index contributed by atoms with van der Waals surface area (Å²) in [6, 6.07) is -1.25. The SMILES string of the molecule is [2H][C@]1(O[13C@@H]2O[C@H](C)[C@@H](O)[C@H](N)[C@@H]2O)C=CC=CC=CC=CC=CC=CC=C[C@H](C)[C@@H](O)[C@@H](C)[C@H](C)OC(=O)C[C@H](O)C[C@H](O)CC[C@@H](O)[C@H](O)C[C@H](O)C[C@]2(O)C[C@H](O)[C@@H](C(=O)O)[C@H](C1)O2. The van der Waals surface area contributed by atoms with Crippen molar-refractivity contribution in [1.29, 1.82) is 0 Å². The van der Waals surface area contributed by atoms with Crippen LogP contribution in [0.3, 0.4) is 0 Å². The average molecular weight is 926 g/mol. The molecule has 18 heteroatoms. The molecule has 2 bridgehead atoms. The summed E-state index contributed by atoms with van der Waals surface area (Å²) in [6.07, 6.45) is -0.345. The van der Waals surface area contributed by atoms with Gasteiger partial charge in [0.15, 0.2) is 12.1 Å². The van der Waals surface area contributed by atoms with E-state index in [0.717, 1.165) is 0 Å². The first-order valence-electron chi connectivity index (χ1n) is 22.7. The fourth-order valence-corrected chi connectivity index (χ4v) is 7.83. The minimum absolute atomic E-state index is 0.127. The number of hydrogen-bond acceptors (Lipinski definition) is 17. The van der Waals surface area contributed by atoms with Crippen LogP contribution in [0, 0.1) is 17.8 Å². The lowest BCUT2D eigenvalue weighted by Crippen LogP contribution is -2.61. The molecule has 0 amide bonds. The minimum atomic E-state index is -2.43. The van der Waals surface area contributed by atoms with Gasteiger partial charge in [0, 0.05) is 37.5 Å². The van der Waals surface area contributed by atoms with E-state index in [0.29, 0.717) is 0 Å². The number of nitrogens with two attached hydrogens (primary N) is 1. The number of carboxylic acids is 1. The van der Waals surface area contributed by atoms with Crippen LogP contribution < -0.4 is 5.73 Å². The highest BCUT2D eigenvalue weighted by atomic mass is 16.8. The molecule has 3 aliphatic rings. The minimum Gasteiger partial charge on any atom is -0.481 e. The lowest BCUT2D eigenvalue weighted by Gasteiger charge is -2.45. The first kappa shape index (κ1) is 54.2. The number of esters is 1. The molecule has 0 aromatic carbocycles. The van der Waals surface area contributed by atoms with Crippen LogP contribution in [0.15, 0.2) is 85.1 Å². The first-order chi connectivity index (χ1) is 31.0. The van der Waals surface area contributed by atoms with Crippen LogP contribution in [-0.2, 0) is 28.5 Å². The quantitative estimate of drug-likeness (QED) is 0.137. The molecule has 2 fully saturated rings. The fourth-order valence-electron chi connectivity index (χ4n) is 7.83. The molecule has 0 aromatic heterocycles. The zero-order chi connectivity index (χ0) is 49.4. The predicted octanol–water partition coefficient (Wildman–Crippen LogP) is 0.712. The van der Waals surface area contributed by atoms with Gasteiger partial charge < -0.3 is 80.9 Å². The lowest BCUT2D eigenvalue weighted by atomic mass is 9.82. The summed E-state index contributed by atoms with van der Waals surface area (Å²) in [5, 5.41) is 118. The maximum absolute atomic E-state index is 12.6. The molecular formula is C47H73NO17. The Morgan fingerprint density at radius 2 is 1.26 bits per heavy atom. The van der Waals surface area contributed by atoms with Gasteiger partial charge in [-0.3, -0.25) is 9.59 Å². The van der Waals surface area contributed by atoms with Crippen molar-refractivity contribution in [2.75, 3.05) is 0 Å².